The molecule has 170 valence electrons. The molecule has 6 rings (SSSR count). The Morgan fingerprint density at radius 3 is 2.73 bits per heavy atom. The van der Waals surface area contributed by atoms with Crippen LogP contribution in [0.5, 0.6) is 5.75 Å². The largest absolute Gasteiger partial charge is 0.490 e. The summed E-state index contributed by atoms with van der Waals surface area (Å²) in [6.45, 7) is 3.87. The maximum absolute atomic E-state index is 12.4. The lowest BCUT2D eigenvalue weighted by molar-refractivity contribution is 0.120. The van der Waals surface area contributed by atoms with Crippen molar-refractivity contribution in [2.45, 2.75) is 31.8 Å². The lowest BCUT2D eigenvalue weighted by Crippen LogP contribution is -2.44. The van der Waals surface area contributed by atoms with Crippen LogP contribution in [-0.4, -0.2) is 59.6 Å². The van der Waals surface area contributed by atoms with E-state index in [2.05, 4.69) is 38.3 Å². The summed E-state index contributed by atoms with van der Waals surface area (Å²) in [5.74, 6) is 1.69. The monoisotopic (exact) mass is 445 g/mol. The number of anilines is 1. The number of ether oxygens (including phenoxy) is 1. The number of para-hydroxylation sites is 1. The molecule has 0 bridgehead atoms. The lowest BCUT2D eigenvalue weighted by atomic mass is 9.96. The van der Waals surface area contributed by atoms with Gasteiger partial charge in [-0.1, -0.05) is 17.3 Å². The summed E-state index contributed by atoms with van der Waals surface area (Å²) in [5, 5.41) is 13.9. The van der Waals surface area contributed by atoms with Crippen molar-refractivity contribution in [2.75, 3.05) is 38.1 Å². The zero-order chi connectivity index (χ0) is 22.4. The van der Waals surface area contributed by atoms with Crippen molar-refractivity contribution < 1.29 is 9.26 Å². The maximum Gasteiger partial charge on any atom is 0.272 e. The Kier molecular flexibility index (Phi) is 5.02. The number of H-pyrrole nitrogens is 1. The van der Waals surface area contributed by atoms with Crippen molar-refractivity contribution in [3.05, 3.63) is 58.0 Å². The molecule has 1 saturated carbocycles. The summed E-state index contributed by atoms with van der Waals surface area (Å²) in [5.41, 5.74) is 2.36. The Balaban J connectivity index is 1.36. The molecule has 0 amide bonds. The number of hydrogen-bond acceptors (Lipinski definition) is 7. The molecule has 2 aromatic heterocycles. The van der Waals surface area contributed by atoms with Crippen molar-refractivity contribution in [1.82, 2.24) is 20.3 Å². The van der Waals surface area contributed by atoms with Crippen LogP contribution in [0.2, 0.25) is 0 Å². The second-order valence-corrected chi connectivity index (χ2v) is 9.14. The van der Waals surface area contributed by atoms with E-state index >= 15 is 0 Å². The summed E-state index contributed by atoms with van der Waals surface area (Å²) < 4.78 is 11.9. The van der Waals surface area contributed by atoms with Crippen molar-refractivity contribution in [2.24, 2.45) is 0 Å². The number of hydrogen-bond donors (Lipinski definition) is 1. The Bertz CT molecular complexity index is 1370. The minimum Gasteiger partial charge on any atom is -0.490 e. The zero-order valence-electron chi connectivity index (χ0n) is 18.7. The number of benzene rings is 2. The zero-order valence-corrected chi connectivity index (χ0v) is 18.7. The predicted octanol–water partition coefficient (Wildman–Crippen LogP) is 3.34. The fraction of sp³-hybridized carbons (Fsp3) is 0.400. The van der Waals surface area contributed by atoms with E-state index in [4.69, 9.17) is 9.26 Å². The third-order valence-electron chi connectivity index (χ3n) is 6.92. The van der Waals surface area contributed by atoms with Gasteiger partial charge in [0.1, 0.15) is 5.75 Å². The van der Waals surface area contributed by atoms with Crippen molar-refractivity contribution in [3.8, 4) is 5.75 Å². The van der Waals surface area contributed by atoms with Gasteiger partial charge in [0.2, 0.25) is 0 Å². The third-order valence-corrected chi connectivity index (χ3v) is 6.92. The molecular weight excluding hydrogens is 418 g/mol. The highest BCUT2D eigenvalue weighted by atomic mass is 16.5. The van der Waals surface area contributed by atoms with Crippen LogP contribution in [0, 0.1) is 0 Å². The van der Waals surface area contributed by atoms with E-state index in [-0.39, 0.29) is 11.7 Å². The number of rotatable bonds is 5. The van der Waals surface area contributed by atoms with Crippen LogP contribution < -0.4 is 15.2 Å². The van der Waals surface area contributed by atoms with Crippen LogP contribution in [-0.2, 0) is 6.42 Å². The highest BCUT2D eigenvalue weighted by Gasteiger charge is 2.22. The van der Waals surface area contributed by atoms with Gasteiger partial charge in [-0.15, -0.1) is 0 Å². The van der Waals surface area contributed by atoms with Crippen LogP contribution in [0.1, 0.15) is 30.5 Å². The molecule has 1 saturated heterocycles. The van der Waals surface area contributed by atoms with Crippen molar-refractivity contribution >= 4 is 27.6 Å². The van der Waals surface area contributed by atoms with Crippen LogP contribution in [0.3, 0.4) is 0 Å². The first-order chi connectivity index (χ1) is 16.2. The molecule has 1 N–H and O–H groups in total. The Morgan fingerprint density at radius 2 is 1.94 bits per heavy atom. The number of aromatic amines is 1. The van der Waals surface area contributed by atoms with Crippen LogP contribution in [0.4, 0.5) is 5.82 Å². The molecule has 0 unspecified atom stereocenters. The first-order valence-corrected chi connectivity index (χ1v) is 11.6. The normalized spacial score (nSPS) is 17.5. The van der Waals surface area contributed by atoms with Gasteiger partial charge in [0.15, 0.2) is 11.4 Å². The highest BCUT2D eigenvalue weighted by Crippen LogP contribution is 2.32. The molecule has 0 spiro atoms. The minimum atomic E-state index is -0.195. The molecule has 3 heterocycles. The molecule has 0 radical (unpaired) electrons. The molecule has 0 atom stereocenters. The van der Waals surface area contributed by atoms with E-state index < -0.39 is 0 Å². The van der Waals surface area contributed by atoms with E-state index in [9.17, 15) is 4.79 Å². The Labute approximate surface area is 191 Å². The quantitative estimate of drug-likeness (QED) is 0.504. The molecule has 1 aliphatic carbocycles. The molecule has 8 heteroatoms. The van der Waals surface area contributed by atoms with Gasteiger partial charge in [-0.05, 0) is 50.6 Å². The summed E-state index contributed by atoms with van der Waals surface area (Å²) in [6.07, 6.45) is 4.18. The maximum atomic E-state index is 12.4. The molecule has 2 aliphatic rings. The molecule has 2 fully saturated rings. The summed E-state index contributed by atoms with van der Waals surface area (Å²) >= 11 is 0. The number of nitrogens with one attached hydrogen (secondary N) is 1. The van der Waals surface area contributed by atoms with Crippen molar-refractivity contribution in [3.63, 3.8) is 0 Å². The standard InChI is InChI=1S/C25H27N5O3/c1-29-10-12-30(13-11-29)24-20-7-2-4-16(23(20)33-28-24)14-22-21-15-18(32-17-5-3-6-17)8-9-19(21)25(31)27-26-22/h2,4,7-9,15,17H,3,5-6,10-14H2,1H3,(H,27,31). The second kappa shape index (κ2) is 8.19. The fourth-order valence-electron chi connectivity index (χ4n) is 4.66. The fourth-order valence-corrected chi connectivity index (χ4v) is 4.66. The first kappa shape index (κ1) is 20.2. The average Bonchev–Trinajstić information content (AvgIpc) is 3.24. The number of piperazine rings is 1. The molecule has 8 nitrogen and oxygen atoms in total. The van der Waals surface area contributed by atoms with Gasteiger partial charge in [0, 0.05) is 43.5 Å². The molecule has 2 aromatic carbocycles. The Morgan fingerprint density at radius 1 is 1.09 bits per heavy atom. The van der Waals surface area contributed by atoms with E-state index in [0.717, 1.165) is 78.2 Å². The molecule has 4 aromatic rings. The summed E-state index contributed by atoms with van der Waals surface area (Å²) in [4.78, 5) is 17.0. The van der Waals surface area contributed by atoms with Gasteiger partial charge in [-0.3, -0.25) is 4.79 Å². The number of nitrogens with zero attached hydrogens (tertiary/aromatic N) is 4. The van der Waals surface area contributed by atoms with Crippen LogP contribution in [0.15, 0.2) is 45.7 Å². The lowest BCUT2D eigenvalue weighted by Gasteiger charge is -2.32. The van der Waals surface area contributed by atoms with Gasteiger partial charge in [-0.25, -0.2) is 5.10 Å². The third kappa shape index (κ3) is 3.74. The Hall–Kier alpha value is -3.39. The van der Waals surface area contributed by atoms with Gasteiger partial charge < -0.3 is 19.1 Å². The predicted molar refractivity (Wildman–Crippen MR) is 127 cm³/mol. The van der Waals surface area contributed by atoms with E-state index in [0.29, 0.717) is 11.8 Å². The molecular formula is C25H27N5O3. The average molecular weight is 446 g/mol. The second-order valence-electron chi connectivity index (χ2n) is 9.14. The summed E-state index contributed by atoms with van der Waals surface area (Å²) in [7, 11) is 2.14. The minimum absolute atomic E-state index is 0.195. The number of likely N-dealkylation sites (N-methyl/N-ethyl adjacent to an activating group) is 1. The summed E-state index contributed by atoms with van der Waals surface area (Å²) in [6, 6.07) is 11.8. The van der Waals surface area contributed by atoms with E-state index in [1.54, 1.807) is 0 Å². The van der Waals surface area contributed by atoms with Crippen LogP contribution >= 0.6 is 0 Å². The van der Waals surface area contributed by atoms with Crippen LogP contribution in [0.25, 0.3) is 21.7 Å². The number of fused-ring (bicyclic) bond motifs is 2. The molecule has 33 heavy (non-hydrogen) atoms. The highest BCUT2D eigenvalue weighted by molar-refractivity contribution is 5.91. The van der Waals surface area contributed by atoms with E-state index in [1.165, 1.54) is 6.42 Å². The van der Waals surface area contributed by atoms with Gasteiger partial charge in [0.05, 0.1) is 22.6 Å². The molecule has 1 aliphatic heterocycles. The van der Waals surface area contributed by atoms with Gasteiger partial charge in [0.25, 0.3) is 5.56 Å². The smallest absolute Gasteiger partial charge is 0.272 e. The SMILES string of the molecule is CN1CCN(c2noc3c(Cc4n[nH]c(=O)c5ccc(OC6CCC6)cc45)cccc23)CC1. The topological polar surface area (TPSA) is 87.5 Å². The van der Waals surface area contributed by atoms with Crippen molar-refractivity contribution in [1.29, 1.82) is 0 Å². The first-order valence-electron chi connectivity index (χ1n) is 11.6. The van der Waals surface area contributed by atoms with E-state index in [1.807, 2.05) is 30.3 Å². The number of aromatic nitrogens is 3. The van der Waals surface area contributed by atoms with Gasteiger partial charge >= 0.3 is 0 Å². The van der Waals surface area contributed by atoms with Gasteiger partial charge in [-0.2, -0.15) is 5.10 Å².